The summed E-state index contributed by atoms with van der Waals surface area (Å²) in [6.07, 6.45) is 6.66. The molecule has 0 N–H and O–H groups in total. The fourth-order valence-electron chi connectivity index (χ4n) is 1.54. The molecule has 0 aromatic rings. The first-order valence-electron chi connectivity index (χ1n) is 5.55. The Labute approximate surface area is 87.7 Å². The molecule has 0 bridgehead atoms. The van der Waals surface area contributed by atoms with E-state index >= 15 is 0 Å². The highest BCUT2D eigenvalue weighted by Gasteiger charge is 2.20. The summed E-state index contributed by atoms with van der Waals surface area (Å²) in [6.45, 7) is 4.11. The van der Waals surface area contributed by atoms with E-state index in [0.717, 1.165) is 24.9 Å². The molecular formula is C11H22OS. The molecule has 1 aliphatic carbocycles. The molecule has 0 spiro atoms. The van der Waals surface area contributed by atoms with Gasteiger partial charge in [0.1, 0.15) is 0 Å². The third-order valence-electron chi connectivity index (χ3n) is 2.68. The molecule has 1 aliphatic rings. The Hall–Kier alpha value is 0.310. The zero-order chi connectivity index (χ0) is 9.52. The normalized spacial score (nSPS) is 18.9. The van der Waals surface area contributed by atoms with Gasteiger partial charge < -0.3 is 4.74 Å². The Morgan fingerprint density at radius 1 is 1.46 bits per heavy atom. The summed E-state index contributed by atoms with van der Waals surface area (Å²) >= 11 is 4.32. The molecular weight excluding hydrogens is 180 g/mol. The number of rotatable bonds is 8. The molecule has 78 valence electrons. The minimum absolute atomic E-state index is 0.674. The highest BCUT2D eigenvalue weighted by Crippen LogP contribution is 2.32. The average molecular weight is 202 g/mol. The van der Waals surface area contributed by atoms with Crippen molar-refractivity contribution in [3.8, 4) is 0 Å². The van der Waals surface area contributed by atoms with Crippen LogP contribution >= 0.6 is 12.6 Å². The van der Waals surface area contributed by atoms with Gasteiger partial charge in [0.15, 0.2) is 0 Å². The topological polar surface area (TPSA) is 9.23 Å². The van der Waals surface area contributed by atoms with E-state index in [1.807, 2.05) is 0 Å². The zero-order valence-corrected chi connectivity index (χ0v) is 9.56. The van der Waals surface area contributed by atoms with Gasteiger partial charge in [0.2, 0.25) is 0 Å². The molecule has 1 fully saturated rings. The summed E-state index contributed by atoms with van der Waals surface area (Å²) in [7, 11) is 0. The largest absolute Gasteiger partial charge is 0.381 e. The average Bonchev–Trinajstić information content (AvgIpc) is 2.94. The third kappa shape index (κ3) is 5.58. The first kappa shape index (κ1) is 11.4. The van der Waals surface area contributed by atoms with Gasteiger partial charge in [0.25, 0.3) is 0 Å². The van der Waals surface area contributed by atoms with Gasteiger partial charge in [-0.2, -0.15) is 12.6 Å². The first-order valence-corrected chi connectivity index (χ1v) is 6.18. The highest BCUT2D eigenvalue weighted by atomic mass is 32.1. The van der Waals surface area contributed by atoms with Crippen molar-refractivity contribution in [3.05, 3.63) is 0 Å². The van der Waals surface area contributed by atoms with Crippen LogP contribution in [0.25, 0.3) is 0 Å². The van der Waals surface area contributed by atoms with E-state index in [1.54, 1.807) is 0 Å². The van der Waals surface area contributed by atoms with E-state index in [0.29, 0.717) is 5.92 Å². The Morgan fingerprint density at radius 2 is 2.23 bits per heavy atom. The second-order valence-electron chi connectivity index (χ2n) is 4.14. The third-order valence-corrected chi connectivity index (χ3v) is 3.19. The number of thiol groups is 1. The summed E-state index contributed by atoms with van der Waals surface area (Å²) < 4.78 is 5.64. The van der Waals surface area contributed by atoms with Crippen LogP contribution in [0.5, 0.6) is 0 Å². The zero-order valence-electron chi connectivity index (χ0n) is 8.67. The molecule has 0 radical (unpaired) electrons. The van der Waals surface area contributed by atoms with Crippen molar-refractivity contribution < 1.29 is 4.74 Å². The molecule has 1 unspecified atom stereocenters. The quantitative estimate of drug-likeness (QED) is 0.470. The molecule has 1 saturated carbocycles. The van der Waals surface area contributed by atoms with E-state index in [4.69, 9.17) is 4.74 Å². The fourth-order valence-corrected chi connectivity index (χ4v) is 1.83. The maximum atomic E-state index is 5.64. The Morgan fingerprint density at radius 3 is 2.77 bits per heavy atom. The van der Waals surface area contributed by atoms with Gasteiger partial charge in [0.05, 0.1) is 6.61 Å². The molecule has 0 aromatic heterocycles. The SMILES string of the molecule is CCCC(CS)COCCC1CC1. The molecule has 0 aliphatic heterocycles. The molecule has 1 nitrogen and oxygen atoms in total. The van der Waals surface area contributed by atoms with Gasteiger partial charge in [-0.15, -0.1) is 0 Å². The van der Waals surface area contributed by atoms with Crippen molar-refractivity contribution >= 4 is 12.6 Å². The Balaban J connectivity index is 1.88. The van der Waals surface area contributed by atoms with Crippen LogP contribution in [0.2, 0.25) is 0 Å². The van der Waals surface area contributed by atoms with E-state index in [1.165, 1.54) is 32.1 Å². The van der Waals surface area contributed by atoms with Crippen LogP contribution in [0.15, 0.2) is 0 Å². The minimum atomic E-state index is 0.674. The van der Waals surface area contributed by atoms with Crippen LogP contribution in [-0.4, -0.2) is 19.0 Å². The summed E-state index contributed by atoms with van der Waals surface area (Å²) in [5.41, 5.74) is 0. The second kappa shape index (κ2) is 6.72. The van der Waals surface area contributed by atoms with Gasteiger partial charge >= 0.3 is 0 Å². The molecule has 0 heterocycles. The van der Waals surface area contributed by atoms with Gasteiger partial charge in [0, 0.05) is 6.61 Å². The van der Waals surface area contributed by atoms with Crippen LogP contribution in [0.1, 0.15) is 39.0 Å². The van der Waals surface area contributed by atoms with Crippen LogP contribution < -0.4 is 0 Å². The first-order chi connectivity index (χ1) is 6.36. The van der Waals surface area contributed by atoms with Gasteiger partial charge in [-0.05, 0) is 30.4 Å². The minimum Gasteiger partial charge on any atom is -0.381 e. The molecule has 0 aromatic carbocycles. The van der Waals surface area contributed by atoms with E-state index in [2.05, 4.69) is 19.6 Å². The van der Waals surface area contributed by atoms with E-state index in [-0.39, 0.29) is 0 Å². The van der Waals surface area contributed by atoms with Crippen LogP contribution in [0, 0.1) is 11.8 Å². The smallest absolute Gasteiger partial charge is 0.0502 e. The predicted octanol–water partition coefficient (Wildman–Crippen LogP) is 3.15. The second-order valence-corrected chi connectivity index (χ2v) is 4.51. The van der Waals surface area contributed by atoms with Crippen molar-refractivity contribution in [2.75, 3.05) is 19.0 Å². The van der Waals surface area contributed by atoms with Crippen molar-refractivity contribution in [2.45, 2.75) is 39.0 Å². The molecule has 0 saturated heterocycles. The van der Waals surface area contributed by atoms with Gasteiger partial charge in [-0.1, -0.05) is 26.2 Å². The highest BCUT2D eigenvalue weighted by molar-refractivity contribution is 7.80. The fraction of sp³-hybridized carbons (Fsp3) is 1.00. The number of ether oxygens (including phenoxy) is 1. The lowest BCUT2D eigenvalue weighted by molar-refractivity contribution is 0.0984. The Bertz CT molecular complexity index is 123. The van der Waals surface area contributed by atoms with Crippen LogP contribution in [-0.2, 0) is 4.74 Å². The lowest BCUT2D eigenvalue weighted by Crippen LogP contribution is -2.12. The Kier molecular flexibility index (Phi) is 5.88. The molecule has 0 amide bonds. The standard InChI is InChI=1S/C11H22OS/c1-2-3-11(9-13)8-12-7-6-10-4-5-10/h10-11,13H,2-9H2,1H3. The molecule has 1 atom stereocenters. The predicted molar refractivity (Wildman–Crippen MR) is 60.4 cm³/mol. The van der Waals surface area contributed by atoms with Crippen molar-refractivity contribution in [2.24, 2.45) is 11.8 Å². The summed E-state index contributed by atoms with van der Waals surface area (Å²) in [5, 5.41) is 0. The van der Waals surface area contributed by atoms with Crippen molar-refractivity contribution in [3.63, 3.8) is 0 Å². The van der Waals surface area contributed by atoms with Crippen LogP contribution in [0.4, 0.5) is 0 Å². The summed E-state index contributed by atoms with van der Waals surface area (Å²) in [6, 6.07) is 0. The number of hydrogen-bond donors (Lipinski definition) is 1. The van der Waals surface area contributed by atoms with Crippen molar-refractivity contribution in [1.82, 2.24) is 0 Å². The van der Waals surface area contributed by atoms with Gasteiger partial charge in [-0.25, -0.2) is 0 Å². The summed E-state index contributed by atoms with van der Waals surface area (Å²) in [4.78, 5) is 0. The van der Waals surface area contributed by atoms with E-state index < -0.39 is 0 Å². The maximum Gasteiger partial charge on any atom is 0.0502 e. The maximum absolute atomic E-state index is 5.64. The van der Waals surface area contributed by atoms with E-state index in [9.17, 15) is 0 Å². The lowest BCUT2D eigenvalue weighted by Gasteiger charge is -2.13. The lowest BCUT2D eigenvalue weighted by atomic mass is 10.1. The molecule has 13 heavy (non-hydrogen) atoms. The summed E-state index contributed by atoms with van der Waals surface area (Å²) in [5.74, 6) is 2.64. The number of hydrogen-bond acceptors (Lipinski definition) is 2. The molecule has 1 rings (SSSR count). The monoisotopic (exact) mass is 202 g/mol. The van der Waals surface area contributed by atoms with Crippen LogP contribution in [0.3, 0.4) is 0 Å². The molecule has 2 heteroatoms. The van der Waals surface area contributed by atoms with Gasteiger partial charge in [-0.3, -0.25) is 0 Å². The van der Waals surface area contributed by atoms with Crippen molar-refractivity contribution in [1.29, 1.82) is 0 Å².